The monoisotopic (exact) mass is 967 g/mol. The van der Waals surface area contributed by atoms with Gasteiger partial charge in [0.2, 0.25) is 0 Å². The van der Waals surface area contributed by atoms with Crippen LogP contribution in [0.25, 0.3) is 0 Å². The van der Waals surface area contributed by atoms with Gasteiger partial charge in [-0.25, -0.2) is 9.59 Å². The molecule has 0 aliphatic rings. The summed E-state index contributed by atoms with van der Waals surface area (Å²) in [6.45, 7) is 0.345. The third kappa shape index (κ3) is 21.7. The summed E-state index contributed by atoms with van der Waals surface area (Å²) in [6.07, 6.45) is 1.27. The van der Waals surface area contributed by atoms with Crippen LogP contribution in [-0.2, 0) is 40.7 Å². The largest absolute Gasteiger partial charge is 0.778 e. The van der Waals surface area contributed by atoms with E-state index in [2.05, 4.69) is 55.4 Å². The first-order valence-corrected chi connectivity index (χ1v) is 20.7. The quantitative estimate of drug-likeness (QED) is 0.0546. The van der Waals surface area contributed by atoms with E-state index in [-0.39, 0.29) is 28.9 Å². The molecule has 55 heavy (non-hydrogen) atoms. The van der Waals surface area contributed by atoms with Crippen LogP contribution < -0.4 is 14.9 Å². The van der Waals surface area contributed by atoms with Crippen molar-refractivity contribution in [1.82, 2.24) is 5.32 Å². The molecule has 1 atom stereocenters. The number of rotatable bonds is 11. The molecule has 0 fully saturated rings. The average molecular weight is 970 g/mol. The molecule has 0 saturated heterocycles. The van der Waals surface area contributed by atoms with Crippen LogP contribution in [-0.4, -0.2) is 82.7 Å². The number of hydrogen-bond donors (Lipinski definition) is 4. The lowest BCUT2D eigenvalue weighted by Crippen LogP contribution is -2.25. The maximum atomic E-state index is 12.7. The van der Waals surface area contributed by atoms with Gasteiger partial charge in [-0.3, -0.25) is 20.2 Å². The molecule has 0 heterocycles. The van der Waals surface area contributed by atoms with E-state index in [1.54, 1.807) is 12.1 Å². The van der Waals surface area contributed by atoms with Crippen molar-refractivity contribution in [3.05, 3.63) is 89.3 Å². The molecule has 0 amide bonds. The van der Waals surface area contributed by atoms with Crippen LogP contribution in [0, 0.1) is 21.4 Å². The molecule has 0 radical (unpaired) electrons. The van der Waals surface area contributed by atoms with Crippen molar-refractivity contribution in [2.75, 3.05) is 44.8 Å². The van der Waals surface area contributed by atoms with Gasteiger partial charge in [0.15, 0.2) is 6.61 Å². The van der Waals surface area contributed by atoms with Crippen molar-refractivity contribution in [2.45, 2.75) is 13.1 Å². The lowest BCUT2D eigenvalue weighted by molar-refractivity contribution is -0.385. The Morgan fingerprint density at radius 3 is 2.07 bits per heavy atom. The van der Waals surface area contributed by atoms with E-state index in [0.717, 1.165) is 30.3 Å². The van der Waals surface area contributed by atoms with Crippen molar-refractivity contribution >= 4 is 85.5 Å². The van der Waals surface area contributed by atoms with E-state index < -0.39 is 72.9 Å². The van der Waals surface area contributed by atoms with E-state index in [1.165, 1.54) is 6.92 Å². The van der Waals surface area contributed by atoms with E-state index in [0.29, 0.717) is 31.5 Å². The van der Waals surface area contributed by atoms with Crippen molar-refractivity contribution in [2.24, 2.45) is 0 Å². The molecule has 24 heteroatoms. The van der Waals surface area contributed by atoms with Crippen LogP contribution >= 0.6 is 51.1 Å². The molecule has 0 spiro atoms. The van der Waals surface area contributed by atoms with Gasteiger partial charge in [-0.15, -0.1) is 0 Å². The van der Waals surface area contributed by atoms with E-state index in [1.807, 2.05) is 11.4 Å². The highest BCUT2D eigenvalue weighted by atomic mass is 79.9. The number of halogens is 6. The predicted octanol–water partition coefficient (Wildman–Crippen LogP) is 6.23. The molecule has 0 aliphatic heterocycles. The number of ether oxygens (including phenoxy) is 3. The highest BCUT2D eigenvalue weighted by Crippen LogP contribution is 2.37. The van der Waals surface area contributed by atoms with Crippen LogP contribution in [0.4, 0.5) is 18.9 Å². The Bertz CT molecular complexity index is 1870. The molecule has 3 aromatic carbocycles. The number of phenolic OH excluding ortho intramolecular Hbond substituents is 1. The Kier molecular flexibility index (Phi) is 22.8. The number of aliphatic carboxylic acids is 1. The number of nitriles is 1. The molecule has 0 aliphatic carbocycles. The zero-order valence-corrected chi connectivity index (χ0v) is 34.5. The topological polar surface area (TPSA) is 259 Å². The number of esters is 2. The summed E-state index contributed by atoms with van der Waals surface area (Å²) in [5.74, 6) is -3.41. The fourth-order valence-corrected chi connectivity index (χ4v) is 4.93. The van der Waals surface area contributed by atoms with Gasteiger partial charge in [0, 0.05) is 12.1 Å². The number of nitrogens with one attached hydrogen (secondary N) is 1. The summed E-state index contributed by atoms with van der Waals surface area (Å²) in [5.41, 5.74) is -1.66. The predicted molar refractivity (Wildman–Crippen MR) is 200 cm³/mol. The van der Waals surface area contributed by atoms with E-state index in [9.17, 15) is 52.2 Å². The summed E-state index contributed by atoms with van der Waals surface area (Å²) in [7, 11) is -3.71. The Hall–Kier alpha value is -3.94. The van der Waals surface area contributed by atoms with Gasteiger partial charge in [-0.2, -0.15) is 18.4 Å². The third-order valence-corrected chi connectivity index (χ3v) is 7.36. The molecule has 0 bridgehead atoms. The lowest BCUT2D eigenvalue weighted by Gasteiger charge is -2.14. The molecule has 1 unspecified atom stereocenters. The Morgan fingerprint density at radius 1 is 1.07 bits per heavy atom. The summed E-state index contributed by atoms with van der Waals surface area (Å²) >= 11 is 12.0. The molecule has 16 nitrogen and oxygen atoms in total. The minimum absolute atomic E-state index is 0.0493. The van der Waals surface area contributed by atoms with Crippen LogP contribution in [0.1, 0.15) is 28.4 Å². The normalized spacial score (nSPS) is 11.4. The average Bonchev–Trinajstić information content (AvgIpc) is 3.06. The van der Waals surface area contributed by atoms with E-state index in [4.69, 9.17) is 36.3 Å². The molecular formula is C31H32Br2ClF3N3O13PS. The van der Waals surface area contributed by atoms with Crippen molar-refractivity contribution in [1.29, 1.82) is 5.26 Å². The summed E-state index contributed by atoms with van der Waals surface area (Å²) in [5, 5.41) is 38.5. The number of aromatic hydroxyl groups is 1. The SMILES string of the molecule is CCOC(=O)COC(=O)c1cc(Oc2ccc(C(F)(F)F)cc2Cl)ccc1[N+](=O)[O-].C[S+](C)C.N#Cc1cc(Br)c(O)c(Br)c1.O=C(O)CNCP(=O)([O-])O. The third-order valence-electron chi connectivity index (χ3n) is 5.23. The van der Waals surface area contributed by atoms with Gasteiger partial charge in [0.1, 0.15) is 30.4 Å². The van der Waals surface area contributed by atoms with E-state index >= 15 is 0 Å². The number of alkyl halides is 3. The van der Waals surface area contributed by atoms with Gasteiger partial charge >= 0.3 is 24.1 Å². The Morgan fingerprint density at radius 2 is 1.64 bits per heavy atom. The smallest absolute Gasteiger partial charge is 0.416 e. The summed E-state index contributed by atoms with van der Waals surface area (Å²) < 4.78 is 63.8. The molecule has 0 aromatic heterocycles. The molecule has 3 aromatic rings. The standard InChI is InChI=1S/C18H13ClF3NO7.C7H3Br2NO.C3H8NO5P.C3H9S/c1-2-28-16(24)9-29-17(25)12-8-11(4-5-14(12)23(26)27)30-15-6-3-10(7-13(15)19)18(20,21)22;8-5-1-4(3-10)2-6(9)7(5)11;5-3(6)1-4-2-10(7,8)9;1-4(2)3/h3-8H,2,9H2,1H3;1-2,11H;4H,1-2H2,(H,5,6)(H2,7,8,9);1-3H3/q;;;+1/p-1. The molecule has 4 N–H and O–H groups in total. The second-order valence-corrected chi connectivity index (χ2v) is 16.5. The van der Waals surface area contributed by atoms with Gasteiger partial charge in [0.05, 0.1) is 74.3 Å². The number of phenols is 1. The first-order chi connectivity index (χ1) is 25.3. The summed E-state index contributed by atoms with van der Waals surface area (Å²) in [6, 6.07) is 10.4. The maximum Gasteiger partial charge on any atom is 0.416 e. The molecular weight excluding hydrogens is 938 g/mol. The molecule has 3 rings (SSSR count). The van der Waals surface area contributed by atoms with Crippen molar-refractivity contribution < 1.29 is 71.3 Å². The number of nitro benzene ring substituents is 1. The number of carbonyl (C=O) groups is 3. The highest BCUT2D eigenvalue weighted by Gasteiger charge is 2.31. The fraction of sp³-hybridized carbons (Fsp3) is 0.290. The van der Waals surface area contributed by atoms with Crippen molar-refractivity contribution in [3.63, 3.8) is 0 Å². The first-order valence-electron chi connectivity index (χ1n) is 14.5. The zero-order chi connectivity index (χ0) is 42.7. The number of carbonyl (C=O) groups excluding carboxylic acids is 2. The minimum Gasteiger partial charge on any atom is -0.778 e. The van der Waals surface area contributed by atoms with Gasteiger partial charge in [-0.1, -0.05) is 11.6 Å². The Labute approximate surface area is 336 Å². The Balaban J connectivity index is 0.000000944. The van der Waals surface area contributed by atoms with Gasteiger partial charge in [-0.05, 0) is 86.1 Å². The fourth-order valence-electron chi connectivity index (χ4n) is 3.13. The second kappa shape index (κ2) is 24.5. The van der Waals surface area contributed by atoms with Gasteiger partial charge in [0.25, 0.3) is 5.69 Å². The highest BCUT2D eigenvalue weighted by molar-refractivity contribution is 9.11. The molecule has 0 saturated carbocycles. The number of carboxylic acid groups (broad SMARTS) is 1. The van der Waals surface area contributed by atoms with Crippen molar-refractivity contribution in [3.8, 4) is 23.3 Å². The second-order valence-electron chi connectivity index (χ2n) is 10.3. The zero-order valence-electron chi connectivity index (χ0n) is 28.9. The number of hydrogen-bond acceptors (Lipinski definition) is 13. The number of nitrogens with zero attached hydrogens (tertiary/aromatic N) is 2. The lowest BCUT2D eigenvalue weighted by atomic mass is 10.1. The number of benzene rings is 3. The first kappa shape index (κ1) is 51.1. The van der Waals surface area contributed by atoms with Gasteiger partial charge < -0.3 is 38.8 Å². The van der Waals surface area contributed by atoms with Crippen LogP contribution in [0.15, 0.2) is 57.5 Å². The maximum absolute atomic E-state index is 12.7. The number of nitro groups is 1. The minimum atomic E-state index is -4.61. The summed E-state index contributed by atoms with van der Waals surface area (Å²) in [4.78, 5) is 61.5. The molecule has 302 valence electrons. The van der Waals surface area contributed by atoms with Crippen LogP contribution in [0.3, 0.4) is 0 Å². The van der Waals surface area contributed by atoms with Crippen LogP contribution in [0.2, 0.25) is 5.02 Å². The number of carboxylic acids is 1. The van der Waals surface area contributed by atoms with Crippen LogP contribution in [0.5, 0.6) is 17.2 Å².